The number of fused-ring (bicyclic) bond motifs is 1. The van der Waals surface area contributed by atoms with Crippen LogP contribution in [-0.2, 0) is 16.1 Å². The van der Waals surface area contributed by atoms with Crippen LogP contribution in [0.1, 0.15) is 47.7 Å². The molecule has 28 heavy (non-hydrogen) atoms. The molecule has 9 heteroatoms. The molecule has 2 heterocycles. The SMILES string of the molecule is CCCN(CCC(=O)OCC)C(=O)c1sc2nc(CN(C)C)[nH]c(=O)c2c1C. The van der Waals surface area contributed by atoms with E-state index in [1.165, 1.54) is 11.3 Å². The Hall–Kier alpha value is -2.26. The van der Waals surface area contributed by atoms with Crippen molar-refractivity contribution >= 4 is 33.4 Å². The van der Waals surface area contributed by atoms with Crippen molar-refractivity contribution in [2.24, 2.45) is 0 Å². The van der Waals surface area contributed by atoms with E-state index in [2.05, 4.69) is 9.97 Å². The number of ether oxygens (including phenoxy) is 1. The van der Waals surface area contributed by atoms with E-state index in [-0.39, 0.29) is 30.4 Å². The van der Waals surface area contributed by atoms with Gasteiger partial charge in [0.05, 0.1) is 29.8 Å². The van der Waals surface area contributed by atoms with Gasteiger partial charge in [0, 0.05) is 13.1 Å². The number of hydrogen-bond acceptors (Lipinski definition) is 7. The van der Waals surface area contributed by atoms with Crippen LogP contribution < -0.4 is 5.56 Å². The molecule has 8 nitrogen and oxygen atoms in total. The number of nitrogens with zero attached hydrogens (tertiary/aromatic N) is 3. The summed E-state index contributed by atoms with van der Waals surface area (Å²) in [6.07, 6.45) is 0.916. The summed E-state index contributed by atoms with van der Waals surface area (Å²) in [5.74, 6) is 0.0617. The minimum absolute atomic E-state index is 0.148. The number of nitrogens with one attached hydrogen (secondary N) is 1. The number of thiophene rings is 1. The molecule has 0 saturated heterocycles. The second-order valence-corrected chi connectivity index (χ2v) is 7.83. The Morgan fingerprint density at radius 2 is 1.93 bits per heavy atom. The number of aromatic nitrogens is 2. The minimum atomic E-state index is -0.323. The smallest absolute Gasteiger partial charge is 0.307 e. The van der Waals surface area contributed by atoms with Crippen LogP contribution in [0, 0.1) is 6.92 Å². The van der Waals surface area contributed by atoms with Crippen LogP contribution in [0.3, 0.4) is 0 Å². The Balaban J connectivity index is 2.34. The molecule has 2 aromatic heterocycles. The van der Waals surface area contributed by atoms with Crippen molar-refractivity contribution in [3.05, 3.63) is 26.6 Å². The lowest BCUT2D eigenvalue weighted by molar-refractivity contribution is -0.143. The average Bonchev–Trinajstić information content (AvgIpc) is 2.94. The fourth-order valence-corrected chi connectivity index (χ4v) is 4.12. The highest BCUT2D eigenvalue weighted by Crippen LogP contribution is 2.28. The number of carbonyl (C=O) groups is 2. The highest BCUT2D eigenvalue weighted by atomic mass is 32.1. The molecule has 0 aliphatic carbocycles. The van der Waals surface area contributed by atoms with Crippen molar-refractivity contribution < 1.29 is 14.3 Å². The Morgan fingerprint density at radius 1 is 1.21 bits per heavy atom. The van der Waals surface area contributed by atoms with Crippen LogP contribution in [0.25, 0.3) is 10.2 Å². The van der Waals surface area contributed by atoms with Crippen molar-refractivity contribution in [2.45, 2.75) is 40.2 Å². The van der Waals surface area contributed by atoms with E-state index in [9.17, 15) is 14.4 Å². The van der Waals surface area contributed by atoms with Crippen molar-refractivity contribution in [1.82, 2.24) is 19.8 Å². The maximum Gasteiger partial charge on any atom is 0.307 e. The molecule has 0 atom stereocenters. The van der Waals surface area contributed by atoms with Gasteiger partial charge in [-0.05, 0) is 39.9 Å². The lowest BCUT2D eigenvalue weighted by Crippen LogP contribution is -2.34. The van der Waals surface area contributed by atoms with Crippen molar-refractivity contribution in [2.75, 3.05) is 33.8 Å². The second kappa shape index (κ2) is 9.79. The Morgan fingerprint density at radius 3 is 2.54 bits per heavy atom. The molecular weight excluding hydrogens is 380 g/mol. The van der Waals surface area contributed by atoms with Gasteiger partial charge in [-0.3, -0.25) is 14.4 Å². The van der Waals surface area contributed by atoms with Gasteiger partial charge in [-0.25, -0.2) is 4.98 Å². The van der Waals surface area contributed by atoms with Gasteiger partial charge in [-0.15, -0.1) is 11.3 Å². The number of aryl methyl sites for hydroxylation is 1. The lowest BCUT2D eigenvalue weighted by Gasteiger charge is -2.21. The van der Waals surface area contributed by atoms with Crippen LogP contribution in [-0.4, -0.2) is 65.4 Å². The fourth-order valence-electron chi connectivity index (χ4n) is 2.95. The molecule has 0 aliphatic heterocycles. The molecule has 0 aliphatic rings. The van der Waals surface area contributed by atoms with Gasteiger partial charge in [-0.1, -0.05) is 6.92 Å². The third-order valence-electron chi connectivity index (χ3n) is 4.18. The normalized spacial score (nSPS) is 11.2. The highest BCUT2D eigenvalue weighted by molar-refractivity contribution is 7.20. The lowest BCUT2D eigenvalue weighted by atomic mass is 10.2. The van der Waals surface area contributed by atoms with E-state index < -0.39 is 0 Å². The van der Waals surface area contributed by atoms with Gasteiger partial charge < -0.3 is 19.5 Å². The topological polar surface area (TPSA) is 95.6 Å². The van der Waals surface area contributed by atoms with Crippen molar-refractivity contribution in [1.29, 1.82) is 0 Å². The van der Waals surface area contributed by atoms with Gasteiger partial charge in [0.1, 0.15) is 10.7 Å². The number of H-pyrrole nitrogens is 1. The predicted molar refractivity (Wildman–Crippen MR) is 110 cm³/mol. The second-order valence-electron chi connectivity index (χ2n) is 6.83. The standard InChI is InChI=1S/C19H28N4O4S/c1-6-9-23(10-8-14(24)27-7-2)19(26)16-12(3)15-17(25)20-13(11-22(4)5)21-18(15)28-16/h6-11H2,1-5H3,(H,20,21,25). The number of aromatic amines is 1. The molecule has 0 fully saturated rings. The summed E-state index contributed by atoms with van der Waals surface area (Å²) in [5.41, 5.74) is 0.399. The number of esters is 1. The molecule has 1 amide bonds. The third-order valence-corrected chi connectivity index (χ3v) is 5.36. The first-order valence-corrected chi connectivity index (χ1v) is 10.2. The van der Waals surface area contributed by atoms with Crippen LogP contribution in [0.5, 0.6) is 0 Å². The summed E-state index contributed by atoms with van der Waals surface area (Å²) in [6, 6.07) is 0. The van der Waals surface area contributed by atoms with Crippen LogP contribution in [0.2, 0.25) is 0 Å². The molecule has 2 aromatic rings. The quantitative estimate of drug-likeness (QED) is 0.639. The predicted octanol–water partition coefficient (Wildman–Crippen LogP) is 2.16. The minimum Gasteiger partial charge on any atom is -0.466 e. The van der Waals surface area contributed by atoms with Crippen molar-refractivity contribution in [3.8, 4) is 0 Å². The average molecular weight is 409 g/mol. The molecule has 0 bridgehead atoms. The maximum absolute atomic E-state index is 13.1. The third kappa shape index (κ3) is 5.17. The summed E-state index contributed by atoms with van der Waals surface area (Å²) in [7, 11) is 3.79. The Bertz CT molecular complexity index is 903. The largest absolute Gasteiger partial charge is 0.466 e. The van der Waals surface area contributed by atoms with Crippen LogP contribution in [0.4, 0.5) is 0 Å². The Labute approximate surface area is 168 Å². The maximum atomic E-state index is 13.1. The number of rotatable bonds is 9. The van der Waals surface area contributed by atoms with E-state index in [0.717, 1.165) is 6.42 Å². The molecule has 0 spiro atoms. The van der Waals surface area contributed by atoms with Crippen molar-refractivity contribution in [3.63, 3.8) is 0 Å². The molecule has 0 radical (unpaired) electrons. The summed E-state index contributed by atoms with van der Waals surface area (Å²) in [5, 5.41) is 0.456. The summed E-state index contributed by atoms with van der Waals surface area (Å²) in [6.45, 7) is 7.14. The number of hydrogen-bond donors (Lipinski definition) is 1. The molecule has 154 valence electrons. The molecular formula is C19H28N4O4S. The van der Waals surface area contributed by atoms with E-state index in [1.807, 2.05) is 25.9 Å². The zero-order valence-corrected chi connectivity index (χ0v) is 17.9. The highest BCUT2D eigenvalue weighted by Gasteiger charge is 2.24. The molecule has 1 N–H and O–H groups in total. The van der Waals surface area contributed by atoms with Gasteiger partial charge in [0.15, 0.2) is 0 Å². The summed E-state index contributed by atoms with van der Waals surface area (Å²) < 4.78 is 4.95. The molecule has 0 unspecified atom stereocenters. The number of amides is 1. The summed E-state index contributed by atoms with van der Waals surface area (Å²) >= 11 is 1.23. The molecule has 0 aromatic carbocycles. The number of carbonyl (C=O) groups excluding carboxylic acids is 2. The zero-order chi connectivity index (χ0) is 20.8. The van der Waals surface area contributed by atoms with E-state index >= 15 is 0 Å². The van der Waals surface area contributed by atoms with E-state index in [1.54, 1.807) is 18.7 Å². The van der Waals surface area contributed by atoms with E-state index in [4.69, 9.17) is 4.74 Å². The first kappa shape index (κ1) is 22.0. The zero-order valence-electron chi connectivity index (χ0n) is 17.1. The monoisotopic (exact) mass is 408 g/mol. The Kier molecular flexibility index (Phi) is 7.70. The first-order chi connectivity index (χ1) is 13.3. The van der Waals surface area contributed by atoms with Crippen LogP contribution >= 0.6 is 11.3 Å². The van der Waals surface area contributed by atoms with Gasteiger partial charge in [-0.2, -0.15) is 0 Å². The van der Waals surface area contributed by atoms with Gasteiger partial charge in [0.25, 0.3) is 11.5 Å². The van der Waals surface area contributed by atoms with Crippen LogP contribution in [0.15, 0.2) is 4.79 Å². The van der Waals surface area contributed by atoms with E-state index in [0.29, 0.717) is 46.2 Å². The molecule has 2 rings (SSSR count). The van der Waals surface area contributed by atoms with Gasteiger partial charge in [0.2, 0.25) is 0 Å². The summed E-state index contributed by atoms with van der Waals surface area (Å²) in [4.78, 5) is 49.2. The van der Waals surface area contributed by atoms with Gasteiger partial charge >= 0.3 is 5.97 Å². The first-order valence-electron chi connectivity index (χ1n) is 9.40. The molecule has 0 saturated carbocycles. The fraction of sp³-hybridized carbons (Fsp3) is 0.579.